The zero-order chi connectivity index (χ0) is 37.9. The lowest BCUT2D eigenvalue weighted by molar-refractivity contribution is -0.138. The molecule has 0 aromatic carbocycles. The van der Waals surface area contributed by atoms with Gasteiger partial charge in [-0.15, -0.1) is 0 Å². The lowest BCUT2D eigenvalue weighted by atomic mass is 9.55. The maximum absolute atomic E-state index is 10.8. The standard InChI is InChI=1S/C42H80O9/c43-35-34-42(36-44,37-45)41(31-25-19-13-7-1-4-10-16-22-28-38(46)47,32-26-20-14-8-2-5-11-17-23-29-39(48)49)33-27-21-15-9-3-6-12-18-24-30-40(50)51/h43-45H,1-37H2,(H,46,47)(H,48,49)(H,50,51). The lowest BCUT2D eigenvalue weighted by Crippen LogP contribution is -2.48. The maximum Gasteiger partial charge on any atom is 0.303 e. The van der Waals surface area contributed by atoms with Crippen LogP contribution in [0.5, 0.6) is 0 Å². The predicted molar refractivity (Wildman–Crippen MR) is 206 cm³/mol. The number of hydrogen-bond donors (Lipinski definition) is 6. The van der Waals surface area contributed by atoms with E-state index in [-0.39, 0.29) is 44.5 Å². The highest BCUT2D eigenvalue weighted by Gasteiger charge is 2.48. The second-order valence-corrected chi connectivity index (χ2v) is 15.6. The van der Waals surface area contributed by atoms with Crippen LogP contribution in [-0.4, -0.2) is 68.4 Å². The highest BCUT2D eigenvalue weighted by molar-refractivity contribution is 5.67. The Morgan fingerprint density at radius 2 is 0.510 bits per heavy atom. The number of carbonyl (C=O) groups is 3. The monoisotopic (exact) mass is 729 g/mol. The van der Waals surface area contributed by atoms with Gasteiger partial charge < -0.3 is 30.6 Å². The molecule has 0 heterocycles. The van der Waals surface area contributed by atoms with Crippen molar-refractivity contribution in [1.29, 1.82) is 0 Å². The molecular formula is C42H80O9. The average Bonchev–Trinajstić information content (AvgIpc) is 3.10. The molecule has 302 valence electrons. The minimum Gasteiger partial charge on any atom is -0.481 e. The van der Waals surface area contributed by atoms with Gasteiger partial charge in [-0.1, -0.05) is 154 Å². The van der Waals surface area contributed by atoms with Gasteiger partial charge in [-0.05, 0) is 50.4 Å². The van der Waals surface area contributed by atoms with Gasteiger partial charge in [0.1, 0.15) is 0 Å². The van der Waals surface area contributed by atoms with Gasteiger partial charge in [-0.3, -0.25) is 14.4 Å². The quantitative estimate of drug-likeness (QED) is 0.0335. The van der Waals surface area contributed by atoms with Crippen LogP contribution in [0.15, 0.2) is 0 Å². The third-order valence-electron chi connectivity index (χ3n) is 11.5. The Morgan fingerprint density at radius 3 is 0.706 bits per heavy atom. The maximum atomic E-state index is 10.8. The van der Waals surface area contributed by atoms with E-state index in [0.717, 1.165) is 154 Å². The molecule has 0 saturated heterocycles. The topological polar surface area (TPSA) is 173 Å². The molecule has 0 aliphatic carbocycles. The summed E-state index contributed by atoms with van der Waals surface area (Å²) in [4.78, 5) is 32.1. The minimum absolute atomic E-state index is 0.0474. The number of unbranched alkanes of at least 4 members (excludes halogenated alkanes) is 24. The van der Waals surface area contributed by atoms with Crippen molar-refractivity contribution in [3.8, 4) is 0 Å². The third kappa shape index (κ3) is 26.7. The zero-order valence-electron chi connectivity index (χ0n) is 32.6. The van der Waals surface area contributed by atoms with Crippen molar-refractivity contribution in [1.82, 2.24) is 0 Å². The number of aliphatic hydroxyl groups excluding tert-OH is 3. The summed E-state index contributed by atoms with van der Waals surface area (Å²) in [7, 11) is 0. The number of aliphatic carboxylic acids is 3. The molecule has 0 aliphatic heterocycles. The number of rotatable bonds is 41. The van der Waals surface area contributed by atoms with E-state index in [9.17, 15) is 29.7 Å². The van der Waals surface area contributed by atoms with Crippen LogP contribution in [0.25, 0.3) is 0 Å². The lowest BCUT2D eigenvalue weighted by Gasteiger charge is -2.50. The summed E-state index contributed by atoms with van der Waals surface area (Å²) < 4.78 is 0. The first kappa shape index (κ1) is 49.3. The molecule has 0 spiro atoms. The van der Waals surface area contributed by atoms with Gasteiger partial charge in [-0.2, -0.15) is 0 Å². The van der Waals surface area contributed by atoms with Gasteiger partial charge in [0.05, 0.1) is 13.2 Å². The van der Waals surface area contributed by atoms with Crippen molar-refractivity contribution in [2.24, 2.45) is 10.8 Å². The summed E-state index contributed by atoms with van der Waals surface area (Å²) in [6.07, 6.45) is 33.0. The highest BCUT2D eigenvalue weighted by atomic mass is 16.4. The molecule has 0 saturated carbocycles. The van der Waals surface area contributed by atoms with Gasteiger partial charge in [0.2, 0.25) is 0 Å². The molecule has 9 nitrogen and oxygen atoms in total. The Kier molecular flexibility index (Phi) is 32.9. The number of carboxylic acid groups (broad SMARTS) is 3. The van der Waals surface area contributed by atoms with Crippen molar-refractivity contribution in [3.63, 3.8) is 0 Å². The largest absolute Gasteiger partial charge is 0.481 e. The van der Waals surface area contributed by atoms with E-state index in [1.807, 2.05) is 0 Å². The second kappa shape index (κ2) is 34.1. The van der Waals surface area contributed by atoms with E-state index in [4.69, 9.17) is 15.3 Å². The molecule has 0 aliphatic rings. The molecular weight excluding hydrogens is 648 g/mol. The minimum atomic E-state index is -0.715. The van der Waals surface area contributed by atoms with E-state index in [1.165, 1.54) is 38.5 Å². The molecule has 0 unspecified atom stereocenters. The fraction of sp³-hybridized carbons (Fsp3) is 0.929. The zero-order valence-corrected chi connectivity index (χ0v) is 32.6. The first-order chi connectivity index (χ1) is 24.7. The van der Waals surface area contributed by atoms with Crippen LogP contribution in [0.3, 0.4) is 0 Å². The van der Waals surface area contributed by atoms with Crippen molar-refractivity contribution in [2.45, 2.75) is 218 Å². The van der Waals surface area contributed by atoms with E-state index >= 15 is 0 Å². The van der Waals surface area contributed by atoms with E-state index in [0.29, 0.717) is 6.42 Å². The fourth-order valence-corrected chi connectivity index (χ4v) is 8.12. The van der Waals surface area contributed by atoms with Gasteiger partial charge in [0.25, 0.3) is 0 Å². The molecule has 0 radical (unpaired) electrons. The van der Waals surface area contributed by atoms with Crippen LogP contribution in [0.1, 0.15) is 218 Å². The van der Waals surface area contributed by atoms with Crippen LogP contribution >= 0.6 is 0 Å². The fourth-order valence-electron chi connectivity index (χ4n) is 8.12. The molecule has 0 fully saturated rings. The SMILES string of the molecule is O=C(O)CCCCCCCCCCCC(CCCCCCCCCCCC(=O)O)(CCCCCCCCCCCC(=O)O)C(CO)(CO)CCO. The van der Waals surface area contributed by atoms with Crippen molar-refractivity contribution in [3.05, 3.63) is 0 Å². The van der Waals surface area contributed by atoms with E-state index in [2.05, 4.69) is 0 Å². The van der Waals surface area contributed by atoms with Gasteiger partial charge >= 0.3 is 17.9 Å². The summed E-state index contributed by atoms with van der Waals surface area (Å²) in [5.74, 6) is -2.14. The Labute approximate surface area is 311 Å². The van der Waals surface area contributed by atoms with Gasteiger partial charge in [0.15, 0.2) is 0 Å². The molecule has 6 N–H and O–H groups in total. The number of hydrogen-bond acceptors (Lipinski definition) is 6. The predicted octanol–water partition coefficient (Wildman–Crippen LogP) is 10.5. The summed E-state index contributed by atoms with van der Waals surface area (Å²) in [6, 6.07) is 0. The average molecular weight is 729 g/mol. The van der Waals surface area contributed by atoms with Crippen LogP contribution in [0.2, 0.25) is 0 Å². The van der Waals surface area contributed by atoms with Gasteiger partial charge in [0, 0.05) is 31.3 Å². The molecule has 9 heteroatoms. The molecule has 0 aromatic rings. The van der Waals surface area contributed by atoms with Crippen LogP contribution in [0.4, 0.5) is 0 Å². The Hall–Kier alpha value is -1.71. The van der Waals surface area contributed by atoms with Crippen LogP contribution in [-0.2, 0) is 14.4 Å². The molecule has 0 rings (SSSR count). The molecule has 0 atom stereocenters. The molecule has 51 heavy (non-hydrogen) atoms. The Bertz CT molecular complexity index is 739. The molecule has 0 amide bonds. The first-order valence-electron chi connectivity index (χ1n) is 21.2. The second-order valence-electron chi connectivity index (χ2n) is 15.6. The van der Waals surface area contributed by atoms with Crippen LogP contribution in [0, 0.1) is 10.8 Å². The number of carboxylic acids is 3. The summed E-state index contributed by atoms with van der Waals surface area (Å²) in [5, 5.41) is 58.3. The van der Waals surface area contributed by atoms with E-state index < -0.39 is 23.3 Å². The number of aliphatic hydroxyl groups is 3. The highest BCUT2D eigenvalue weighted by Crippen LogP contribution is 2.53. The third-order valence-corrected chi connectivity index (χ3v) is 11.5. The normalized spacial score (nSPS) is 12.1. The smallest absolute Gasteiger partial charge is 0.303 e. The van der Waals surface area contributed by atoms with Crippen molar-refractivity contribution < 1.29 is 45.0 Å². The van der Waals surface area contributed by atoms with E-state index in [1.54, 1.807) is 0 Å². The molecule has 0 aromatic heterocycles. The first-order valence-corrected chi connectivity index (χ1v) is 21.2. The van der Waals surface area contributed by atoms with Gasteiger partial charge in [-0.25, -0.2) is 0 Å². The van der Waals surface area contributed by atoms with Crippen molar-refractivity contribution >= 4 is 17.9 Å². The molecule has 0 bridgehead atoms. The summed E-state index contributed by atoms with van der Waals surface area (Å²) in [5.41, 5.74) is -0.929. The summed E-state index contributed by atoms with van der Waals surface area (Å²) >= 11 is 0. The van der Waals surface area contributed by atoms with Crippen molar-refractivity contribution in [2.75, 3.05) is 19.8 Å². The Balaban J connectivity index is 5.10. The van der Waals surface area contributed by atoms with Crippen LogP contribution < -0.4 is 0 Å². The Morgan fingerprint density at radius 1 is 0.294 bits per heavy atom. The summed E-state index contributed by atoms with van der Waals surface area (Å²) in [6.45, 7) is -0.278.